The Morgan fingerprint density at radius 3 is 2.85 bits per heavy atom. The van der Waals surface area contributed by atoms with E-state index in [2.05, 4.69) is 10.9 Å². The van der Waals surface area contributed by atoms with Crippen LogP contribution in [0, 0.1) is 12.3 Å². The highest BCUT2D eigenvalue weighted by Crippen LogP contribution is 2.19. The first-order valence-corrected chi connectivity index (χ1v) is 8.20. The van der Waals surface area contributed by atoms with Gasteiger partial charge in [-0.1, -0.05) is 23.6 Å². The van der Waals surface area contributed by atoms with Gasteiger partial charge in [-0.25, -0.2) is 13.4 Å². The molecule has 2 heterocycles. The zero-order chi connectivity index (χ0) is 14.8. The summed E-state index contributed by atoms with van der Waals surface area (Å²) in [6.07, 6.45) is 5.67. The summed E-state index contributed by atoms with van der Waals surface area (Å²) >= 11 is 5.76. The second-order valence-electron chi connectivity index (χ2n) is 4.54. The van der Waals surface area contributed by atoms with Crippen LogP contribution in [0.1, 0.15) is 16.9 Å². The number of rotatable bonds is 3. The van der Waals surface area contributed by atoms with E-state index in [0.717, 1.165) is 0 Å². The lowest BCUT2D eigenvalue weighted by Crippen LogP contribution is -2.41. The molecular formula is C13H13ClN2O3S. The SMILES string of the molecule is C#CCN(C(=O)c1cccc(Cl)n1)C1CCS(=O)(=O)C1. The summed E-state index contributed by atoms with van der Waals surface area (Å²) in [5.41, 5.74) is 0.164. The van der Waals surface area contributed by atoms with Crippen molar-refractivity contribution in [2.24, 2.45) is 0 Å². The van der Waals surface area contributed by atoms with Crippen LogP contribution >= 0.6 is 11.6 Å². The molecule has 1 amide bonds. The van der Waals surface area contributed by atoms with Crippen molar-refractivity contribution in [3.63, 3.8) is 0 Å². The number of pyridine rings is 1. The third-order valence-corrected chi connectivity index (χ3v) is 5.07. The molecule has 1 aliphatic heterocycles. The zero-order valence-corrected chi connectivity index (χ0v) is 12.2. The molecule has 1 atom stereocenters. The number of carbonyl (C=O) groups is 1. The molecule has 0 spiro atoms. The number of nitrogens with zero attached hydrogens (tertiary/aromatic N) is 2. The van der Waals surface area contributed by atoms with Gasteiger partial charge >= 0.3 is 0 Å². The van der Waals surface area contributed by atoms with Crippen molar-refractivity contribution in [2.45, 2.75) is 12.5 Å². The maximum absolute atomic E-state index is 12.4. The van der Waals surface area contributed by atoms with E-state index in [9.17, 15) is 13.2 Å². The van der Waals surface area contributed by atoms with Crippen LogP contribution in [0.5, 0.6) is 0 Å². The van der Waals surface area contributed by atoms with E-state index in [1.807, 2.05) is 0 Å². The molecule has 7 heteroatoms. The van der Waals surface area contributed by atoms with Gasteiger partial charge < -0.3 is 4.90 Å². The third kappa shape index (κ3) is 3.30. The van der Waals surface area contributed by atoms with Gasteiger partial charge in [0.2, 0.25) is 0 Å². The summed E-state index contributed by atoms with van der Waals surface area (Å²) in [7, 11) is -3.09. The molecule has 1 aromatic rings. The average molecular weight is 313 g/mol. The summed E-state index contributed by atoms with van der Waals surface area (Å²) in [6.45, 7) is 0.0488. The fourth-order valence-electron chi connectivity index (χ4n) is 2.16. The first-order valence-electron chi connectivity index (χ1n) is 6.00. The lowest BCUT2D eigenvalue weighted by molar-refractivity contribution is 0.0718. The number of aromatic nitrogens is 1. The van der Waals surface area contributed by atoms with Crippen LogP contribution in [0.2, 0.25) is 5.15 Å². The van der Waals surface area contributed by atoms with Gasteiger partial charge in [0.05, 0.1) is 18.1 Å². The molecule has 0 saturated carbocycles. The fraction of sp³-hybridized carbons (Fsp3) is 0.385. The normalized spacial score (nSPS) is 20.3. The molecule has 1 aliphatic rings. The van der Waals surface area contributed by atoms with E-state index in [1.54, 1.807) is 12.1 Å². The number of halogens is 1. The highest BCUT2D eigenvalue weighted by molar-refractivity contribution is 7.91. The average Bonchev–Trinajstić information content (AvgIpc) is 2.75. The Hall–Kier alpha value is -1.58. The van der Waals surface area contributed by atoms with Gasteiger partial charge in [0.1, 0.15) is 10.8 Å². The molecule has 1 fully saturated rings. The molecule has 0 N–H and O–H groups in total. The molecule has 5 nitrogen and oxygen atoms in total. The minimum atomic E-state index is -3.09. The quantitative estimate of drug-likeness (QED) is 0.617. The van der Waals surface area contributed by atoms with E-state index in [1.165, 1.54) is 11.0 Å². The standard InChI is InChI=1S/C13H13ClN2O3S/c1-2-7-16(10-6-8-20(18,19)9-10)13(17)11-4-3-5-12(14)15-11/h1,3-5,10H,6-9H2. The van der Waals surface area contributed by atoms with E-state index in [0.29, 0.717) is 6.42 Å². The predicted molar refractivity (Wildman–Crippen MR) is 76.2 cm³/mol. The summed E-state index contributed by atoms with van der Waals surface area (Å²) < 4.78 is 23.1. The van der Waals surface area contributed by atoms with Crippen LogP contribution in [0.15, 0.2) is 18.2 Å². The van der Waals surface area contributed by atoms with Gasteiger partial charge in [-0.3, -0.25) is 4.79 Å². The second-order valence-corrected chi connectivity index (χ2v) is 7.16. The number of terminal acetylenes is 1. The van der Waals surface area contributed by atoms with Crippen LogP contribution in [0.3, 0.4) is 0 Å². The van der Waals surface area contributed by atoms with Crippen molar-refractivity contribution < 1.29 is 13.2 Å². The monoisotopic (exact) mass is 312 g/mol. The molecule has 0 aliphatic carbocycles. The van der Waals surface area contributed by atoms with Crippen molar-refractivity contribution in [1.82, 2.24) is 9.88 Å². The van der Waals surface area contributed by atoms with E-state index < -0.39 is 21.8 Å². The number of hydrogen-bond acceptors (Lipinski definition) is 4. The molecule has 1 saturated heterocycles. The molecular weight excluding hydrogens is 300 g/mol. The highest BCUT2D eigenvalue weighted by atomic mass is 35.5. The van der Waals surface area contributed by atoms with Crippen molar-refractivity contribution in [3.8, 4) is 12.3 Å². The Labute approximate surface area is 122 Å². The Kier molecular flexibility index (Phi) is 4.31. The highest BCUT2D eigenvalue weighted by Gasteiger charge is 2.35. The molecule has 1 aromatic heterocycles. The fourth-order valence-corrected chi connectivity index (χ4v) is 4.06. The van der Waals surface area contributed by atoms with Gasteiger partial charge in [0.25, 0.3) is 5.91 Å². The van der Waals surface area contributed by atoms with Crippen LogP contribution in [-0.2, 0) is 9.84 Å². The molecule has 0 radical (unpaired) electrons. The first-order chi connectivity index (χ1) is 9.43. The Bertz CT molecular complexity index is 666. The first kappa shape index (κ1) is 14.8. The topological polar surface area (TPSA) is 67.3 Å². The van der Waals surface area contributed by atoms with E-state index in [-0.39, 0.29) is 28.9 Å². The number of hydrogen-bond donors (Lipinski definition) is 0. The molecule has 0 bridgehead atoms. The Balaban J connectivity index is 2.25. The second kappa shape index (κ2) is 5.81. The van der Waals surface area contributed by atoms with Crippen LogP contribution in [0.4, 0.5) is 0 Å². The van der Waals surface area contributed by atoms with E-state index >= 15 is 0 Å². The lowest BCUT2D eigenvalue weighted by atomic mass is 10.2. The summed E-state index contributed by atoms with van der Waals surface area (Å²) in [6, 6.07) is 4.30. The summed E-state index contributed by atoms with van der Waals surface area (Å²) in [5, 5.41) is 0.204. The minimum Gasteiger partial charge on any atom is -0.322 e. The Morgan fingerprint density at radius 2 is 2.30 bits per heavy atom. The van der Waals surface area contributed by atoms with Crippen molar-refractivity contribution in [3.05, 3.63) is 29.0 Å². The van der Waals surface area contributed by atoms with Gasteiger partial charge in [-0.2, -0.15) is 0 Å². The molecule has 106 valence electrons. The van der Waals surface area contributed by atoms with Gasteiger partial charge in [-0.15, -0.1) is 6.42 Å². The van der Waals surface area contributed by atoms with Gasteiger partial charge in [-0.05, 0) is 18.6 Å². The van der Waals surface area contributed by atoms with Crippen LogP contribution in [0.25, 0.3) is 0 Å². The van der Waals surface area contributed by atoms with Crippen LogP contribution in [-0.4, -0.2) is 48.3 Å². The molecule has 1 unspecified atom stereocenters. The smallest absolute Gasteiger partial charge is 0.273 e. The largest absolute Gasteiger partial charge is 0.322 e. The maximum atomic E-state index is 12.4. The molecule has 20 heavy (non-hydrogen) atoms. The minimum absolute atomic E-state index is 0.0488. The maximum Gasteiger partial charge on any atom is 0.273 e. The summed E-state index contributed by atoms with van der Waals surface area (Å²) in [4.78, 5) is 17.7. The Morgan fingerprint density at radius 1 is 1.55 bits per heavy atom. The van der Waals surface area contributed by atoms with Crippen molar-refractivity contribution in [2.75, 3.05) is 18.1 Å². The number of carbonyl (C=O) groups excluding carboxylic acids is 1. The van der Waals surface area contributed by atoms with E-state index in [4.69, 9.17) is 18.0 Å². The van der Waals surface area contributed by atoms with Gasteiger partial charge in [0.15, 0.2) is 9.84 Å². The lowest BCUT2D eigenvalue weighted by Gasteiger charge is -2.25. The van der Waals surface area contributed by atoms with Crippen molar-refractivity contribution >= 4 is 27.3 Å². The molecule has 2 rings (SSSR count). The van der Waals surface area contributed by atoms with Crippen molar-refractivity contribution in [1.29, 1.82) is 0 Å². The molecule has 0 aromatic carbocycles. The third-order valence-electron chi connectivity index (χ3n) is 3.11. The van der Waals surface area contributed by atoms with Gasteiger partial charge in [0, 0.05) is 6.04 Å². The zero-order valence-electron chi connectivity index (χ0n) is 10.6. The predicted octanol–water partition coefficient (Wildman–Crippen LogP) is 0.998. The summed E-state index contributed by atoms with van der Waals surface area (Å²) in [5.74, 6) is 2.01. The number of amides is 1. The van der Waals surface area contributed by atoms with Crippen LogP contribution < -0.4 is 0 Å². The number of sulfone groups is 1.